The van der Waals surface area contributed by atoms with Crippen LogP contribution in [0, 0.1) is 5.82 Å². The van der Waals surface area contributed by atoms with Gasteiger partial charge in [0.2, 0.25) is 0 Å². The first-order chi connectivity index (χ1) is 6.16. The summed E-state index contributed by atoms with van der Waals surface area (Å²) in [6.45, 7) is 0. The molecular weight excluding hydrogens is 176 g/mol. The Labute approximate surface area is 73.6 Å². The van der Waals surface area contributed by atoms with Crippen LogP contribution in [0.15, 0.2) is 18.2 Å². The van der Waals surface area contributed by atoms with E-state index in [4.69, 9.17) is 0 Å². The van der Waals surface area contributed by atoms with Crippen LogP contribution in [0.4, 0.5) is 14.5 Å². The zero-order chi connectivity index (χ0) is 9.42. The number of hydrogen-bond donors (Lipinski definition) is 1. The summed E-state index contributed by atoms with van der Waals surface area (Å²) >= 11 is 0. The molecule has 0 fully saturated rings. The molecular formula is C9H7F2NO. The molecule has 1 unspecified atom stereocenters. The maximum Gasteiger partial charge on any atom is 0.259 e. The van der Waals surface area contributed by atoms with Crippen molar-refractivity contribution in [1.82, 2.24) is 0 Å². The predicted molar refractivity (Wildman–Crippen MR) is 43.6 cm³/mol. The van der Waals surface area contributed by atoms with E-state index in [-0.39, 0.29) is 6.42 Å². The van der Waals surface area contributed by atoms with E-state index in [9.17, 15) is 13.6 Å². The Balaban J connectivity index is 2.42. The molecule has 4 heteroatoms. The fourth-order valence-electron chi connectivity index (χ4n) is 1.34. The third kappa shape index (κ3) is 1.39. The van der Waals surface area contributed by atoms with Gasteiger partial charge in [0.15, 0.2) is 6.17 Å². The van der Waals surface area contributed by atoms with Gasteiger partial charge in [-0.3, -0.25) is 4.79 Å². The minimum atomic E-state index is -1.52. The number of alkyl halides is 1. The largest absolute Gasteiger partial charge is 0.323 e. The average molecular weight is 183 g/mol. The lowest BCUT2D eigenvalue weighted by Crippen LogP contribution is -2.31. The van der Waals surface area contributed by atoms with Crippen LogP contribution in [-0.2, 0) is 11.2 Å². The Morgan fingerprint density at radius 2 is 2.23 bits per heavy atom. The summed E-state index contributed by atoms with van der Waals surface area (Å²) in [4.78, 5) is 10.9. The van der Waals surface area contributed by atoms with Gasteiger partial charge in [0.05, 0.1) is 0 Å². The zero-order valence-electron chi connectivity index (χ0n) is 6.68. The number of fused-ring (bicyclic) bond motifs is 1. The molecule has 0 saturated heterocycles. The molecule has 1 amide bonds. The summed E-state index contributed by atoms with van der Waals surface area (Å²) < 4.78 is 25.5. The summed E-state index contributed by atoms with van der Waals surface area (Å²) in [5.74, 6) is -1.13. The van der Waals surface area contributed by atoms with Crippen molar-refractivity contribution in [3.8, 4) is 0 Å². The second kappa shape index (κ2) is 2.80. The Kier molecular flexibility index (Phi) is 1.76. The Bertz CT molecular complexity index is 365. The van der Waals surface area contributed by atoms with Gasteiger partial charge in [-0.25, -0.2) is 8.78 Å². The lowest BCUT2D eigenvalue weighted by atomic mass is 10.0. The normalized spacial score (nSPS) is 20.8. The highest BCUT2D eigenvalue weighted by atomic mass is 19.1. The molecule has 1 N–H and O–H groups in total. The number of carbonyl (C=O) groups is 1. The number of benzene rings is 1. The van der Waals surface area contributed by atoms with Crippen LogP contribution >= 0.6 is 0 Å². The Hall–Kier alpha value is -1.45. The molecule has 0 bridgehead atoms. The number of carbonyl (C=O) groups excluding carboxylic acids is 1. The quantitative estimate of drug-likeness (QED) is 0.651. The van der Waals surface area contributed by atoms with Gasteiger partial charge < -0.3 is 5.32 Å². The molecule has 2 nitrogen and oxygen atoms in total. The van der Waals surface area contributed by atoms with E-state index in [2.05, 4.69) is 5.32 Å². The van der Waals surface area contributed by atoms with Crippen molar-refractivity contribution in [1.29, 1.82) is 0 Å². The van der Waals surface area contributed by atoms with Gasteiger partial charge >= 0.3 is 0 Å². The van der Waals surface area contributed by atoms with Gasteiger partial charge in [-0.2, -0.15) is 0 Å². The number of nitrogens with one attached hydrogen (secondary N) is 1. The average Bonchev–Trinajstić information content (AvgIpc) is 2.08. The predicted octanol–water partition coefficient (Wildman–Crippen LogP) is 1.66. The van der Waals surface area contributed by atoms with Crippen molar-refractivity contribution in [2.45, 2.75) is 12.6 Å². The Morgan fingerprint density at radius 3 is 3.00 bits per heavy atom. The first-order valence-corrected chi connectivity index (χ1v) is 3.90. The zero-order valence-corrected chi connectivity index (χ0v) is 6.68. The first-order valence-electron chi connectivity index (χ1n) is 3.90. The van der Waals surface area contributed by atoms with E-state index < -0.39 is 17.9 Å². The monoisotopic (exact) mass is 183 g/mol. The number of hydrogen-bond acceptors (Lipinski definition) is 1. The van der Waals surface area contributed by atoms with Crippen molar-refractivity contribution in [3.63, 3.8) is 0 Å². The molecule has 13 heavy (non-hydrogen) atoms. The number of amides is 1. The van der Waals surface area contributed by atoms with Gasteiger partial charge in [0, 0.05) is 12.1 Å². The maximum atomic E-state index is 12.9. The SMILES string of the molecule is O=C1Nc2cc(F)ccc2CC1F. The molecule has 0 aromatic heterocycles. The van der Waals surface area contributed by atoms with E-state index in [1.807, 2.05) is 0 Å². The van der Waals surface area contributed by atoms with Crippen molar-refractivity contribution >= 4 is 11.6 Å². The second-order valence-corrected chi connectivity index (χ2v) is 2.96. The molecule has 0 spiro atoms. The third-order valence-electron chi connectivity index (χ3n) is 2.01. The molecule has 2 rings (SSSR count). The highest BCUT2D eigenvalue weighted by molar-refractivity contribution is 5.97. The molecule has 0 aliphatic carbocycles. The molecule has 68 valence electrons. The molecule has 1 aliphatic rings. The van der Waals surface area contributed by atoms with Gasteiger partial charge in [-0.15, -0.1) is 0 Å². The molecule has 0 radical (unpaired) electrons. The van der Waals surface area contributed by atoms with E-state index in [1.165, 1.54) is 18.2 Å². The van der Waals surface area contributed by atoms with Crippen molar-refractivity contribution < 1.29 is 13.6 Å². The number of rotatable bonds is 0. The number of anilines is 1. The maximum absolute atomic E-state index is 12.9. The van der Waals surface area contributed by atoms with Crippen molar-refractivity contribution in [3.05, 3.63) is 29.6 Å². The van der Waals surface area contributed by atoms with Crippen molar-refractivity contribution in [2.75, 3.05) is 5.32 Å². The topological polar surface area (TPSA) is 29.1 Å². The van der Waals surface area contributed by atoms with Crippen LogP contribution in [0.25, 0.3) is 0 Å². The highest BCUT2D eigenvalue weighted by Crippen LogP contribution is 2.24. The fourth-order valence-corrected chi connectivity index (χ4v) is 1.34. The van der Waals surface area contributed by atoms with E-state index in [1.54, 1.807) is 0 Å². The summed E-state index contributed by atoms with van der Waals surface area (Å²) in [6.07, 6.45) is -1.49. The van der Waals surface area contributed by atoms with Crippen LogP contribution in [-0.4, -0.2) is 12.1 Å². The molecule has 1 aliphatic heterocycles. The van der Waals surface area contributed by atoms with Gasteiger partial charge in [-0.05, 0) is 17.7 Å². The van der Waals surface area contributed by atoms with E-state index in [0.29, 0.717) is 11.3 Å². The Morgan fingerprint density at radius 1 is 1.46 bits per heavy atom. The standard InChI is InChI=1S/C9H7F2NO/c10-6-2-1-5-3-7(11)9(13)12-8(5)4-6/h1-2,4,7H,3H2,(H,12,13). The minimum absolute atomic E-state index is 0.0292. The second-order valence-electron chi connectivity index (χ2n) is 2.96. The third-order valence-corrected chi connectivity index (χ3v) is 2.01. The van der Waals surface area contributed by atoms with Crippen LogP contribution in [0.2, 0.25) is 0 Å². The fraction of sp³-hybridized carbons (Fsp3) is 0.222. The molecule has 1 atom stereocenters. The molecule has 1 heterocycles. The first kappa shape index (κ1) is 8.16. The smallest absolute Gasteiger partial charge is 0.259 e. The van der Waals surface area contributed by atoms with Crippen LogP contribution in [0.3, 0.4) is 0 Å². The minimum Gasteiger partial charge on any atom is -0.323 e. The van der Waals surface area contributed by atoms with Gasteiger partial charge in [0.1, 0.15) is 5.82 Å². The molecule has 1 aromatic carbocycles. The van der Waals surface area contributed by atoms with E-state index in [0.717, 1.165) is 0 Å². The lowest BCUT2D eigenvalue weighted by Gasteiger charge is -2.19. The van der Waals surface area contributed by atoms with Crippen LogP contribution in [0.1, 0.15) is 5.56 Å². The van der Waals surface area contributed by atoms with Gasteiger partial charge in [0.25, 0.3) is 5.91 Å². The molecule has 1 aromatic rings. The number of halogens is 2. The van der Waals surface area contributed by atoms with Crippen molar-refractivity contribution in [2.24, 2.45) is 0 Å². The summed E-state index contributed by atoms with van der Waals surface area (Å²) in [7, 11) is 0. The van der Waals surface area contributed by atoms with Gasteiger partial charge in [-0.1, -0.05) is 6.07 Å². The summed E-state index contributed by atoms with van der Waals surface area (Å²) in [6, 6.07) is 3.93. The van der Waals surface area contributed by atoms with Crippen LogP contribution in [0.5, 0.6) is 0 Å². The van der Waals surface area contributed by atoms with E-state index >= 15 is 0 Å². The van der Waals surface area contributed by atoms with Crippen LogP contribution < -0.4 is 5.32 Å². The summed E-state index contributed by atoms with van der Waals surface area (Å²) in [5.41, 5.74) is 1.01. The lowest BCUT2D eigenvalue weighted by molar-refractivity contribution is -0.121. The molecule has 0 saturated carbocycles. The highest BCUT2D eigenvalue weighted by Gasteiger charge is 2.25. The summed E-state index contributed by atoms with van der Waals surface area (Å²) in [5, 5.41) is 2.30.